The Morgan fingerprint density at radius 3 is 2.96 bits per heavy atom. The van der Waals surface area contributed by atoms with Crippen molar-refractivity contribution in [2.75, 3.05) is 0 Å². The molecule has 0 spiro atoms. The van der Waals surface area contributed by atoms with Gasteiger partial charge < -0.3 is 9.73 Å². The maximum Gasteiger partial charge on any atom is 0.226 e. The average Bonchev–Trinajstić information content (AvgIpc) is 3.24. The van der Waals surface area contributed by atoms with Crippen molar-refractivity contribution >= 4 is 29.0 Å². The van der Waals surface area contributed by atoms with Gasteiger partial charge in [-0.15, -0.1) is 11.3 Å². The minimum absolute atomic E-state index is 0.109. The number of thioether (sulfide) groups is 1. The molecule has 0 fully saturated rings. The number of furan rings is 1. The molecule has 2 aromatic heterocycles. The number of halogens is 1. The molecule has 2 heterocycles. The van der Waals surface area contributed by atoms with E-state index in [4.69, 9.17) is 4.42 Å². The lowest BCUT2D eigenvalue weighted by Gasteiger charge is -2.01. The second kappa shape index (κ2) is 8.12. The van der Waals surface area contributed by atoms with E-state index in [0.29, 0.717) is 29.3 Å². The molecule has 0 aliphatic rings. The number of hydrogen-bond acceptors (Lipinski definition) is 5. The van der Waals surface area contributed by atoms with Crippen molar-refractivity contribution in [1.29, 1.82) is 0 Å². The molecular formula is C17H15FN2O2S2. The Morgan fingerprint density at radius 1 is 1.29 bits per heavy atom. The van der Waals surface area contributed by atoms with Crippen LogP contribution in [0.3, 0.4) is 0 Å². The van der Waals surface area contributed by atoms with Crippen LogP contribution in [0.25, 0.3) is 0 Å². The fourth-order valence-electron chi connectivity index (χ4n) is 2.02. The third kappa shape index (κ3) is 4.69. The normalized spacial score (nSPS) is 10.7. The molecular weight excluding hydrogens is 347 g/mol. The summed E-state index contributed by atoms with van der Waals surface area (Å²) < 4.78 is 19.6. The summed E-state index contributed by atoms with van der Waals surface area (Å²) in [5.41, 5.74) is 1.36. The van der Waals surface area contributed by atoms with Crippen molar-refractivity contribution in [3.63, 3.8) is 0 Å². The molecule has 0 bridgehead atoms. The summed E-state index contributed by atoms with van der Waals surface area (Å²) in [4.78, 5) is 16.3. The number of thiazole rings is 1. The zero-order chi connectivity index (χ0) is 16.8. The second-order valence-corrected chi connectivity index (χ2v) is 7.10. The number of aromatic nitrogens is 1. The van der Waals surface area contributed by atoms with Crippen LogP contribution in [0.15, 0.2) is 56.8 Å². The van der Waals surface area contributed by atoms with Crippen LogP contribution in [0.2, 0.25) is 0 Å². The molecule has 0 atom stereocenters. The van der Waals surface area contributed by atoms with Crippen molar-refractivity contribution in [3.05, 3.63) is 70.9 Å². The lowest BCUT2D eigenvalue weighted by atomic mass is 10.2. The molecule has 7 heteroatoms. The van der Waals surface area contributed by atoms with Crippen LogP contribution >= 0.6 is 23.1 Å². The van der Waals surface area contributed by atoms with E-state index in [-0.39, 0.29) is 18.1 Å². The molecule has 0 aliphatic heterocycles. The summed E-state index contributed by atoms with van der Waals surface area (Å²) in [7, 11) is 0. The molecule has 0 aliphatic carbocycles. The topological polar surface area (TPSA) is 55.1 Å². The highest BCUT2D eigenvalue weighted by atomic mass is 32.2. The molecule has 4 nitrogen and oxygen atoms in total. The number of benzene rings is 1. The van der Waals surface area contributed by atoms with E-state index in [9.17, 15) is 9.18 Å². The Balaban J connectivity index is 1.48. The van der Waals surface area contributed by atoms with Crippen molar-refractivity contribution in [1.82, 2.24) is 10.3 Å². The van der Waals surface area contributed by atoms with Gasteiger partial charge in [-0.3, -0.25) is 4.79 Å². The fourth-order valence-corrected chi connectivity index (χ4v) is 3.85. The Labute approximate surface area is 147 Å². The van der Waals surface area contributed by atoms with Crippen LogP contribution in [0, 0.1) is 5.82 Å². The number of carbonyl (C=O) groups is 1. The highest BCUT2D eigenvalue weighted by Gasteiger charge is 2.09. The van der Waals surface area contributed by atoms with Gasteiger partial charge >= 0.3 is 0 Å². The minimum Gasteiger partial charge on any atom is -0.467 e. The summed E-state index contributed by atoms with van der Waals surface area (Å²) in [5.74, 6) is 0.911. The van der Waals surface area contributed by atoms with Gasteiger partial charge in [-0.1, -0.05) is 30.0 Å². The van der Waals surface area contributed by atoms with Gasteiger partial charge in [0.2, 0.25) is 5.91 Å². The van der Waals surface area contributed by atoms with Gasteiger partial charge in [0, 0.05) is 11.1 Å². The largest absolute Gasteiger partial charge is 0.467 e. The monoisotopic (exact) mass is 362 g/mol. The number of carbonyl (C=O) groups excluding carboxylic acids is 1. The quantitative estimate of drug-likeness (QED) is 0.645. The molecule has 1 N–H and O–H groups in total. The van der Waals surface area contributed by atoms with Crippen molar-refractivity contribution in [2.45, 2.75) is 23.1 Å². The molecule has 1 amide bonds. The van der Waals surface area contributed by atoms with Gasteiger partial charge in [0.15, 0.2) is 0 Å². The van der Waals surface area contributed by atoms with Gasteiger partial charge in [-0.2, -0.15) is 0 Å². The van der Waals surface area contributed by atoms with E-state index < -0.39 is 0 Å². The van der Waals surface area contributed by atoms with Gasteiger partial charge in [0.25, 0.3) is 0 Å². The van der Waals surface area contributed by atoms with Crippen LogP contribution in [0.1, 0.15) is 17.0 Å². The number of hydrogen-bond donors (Lipinski definition) is 1. The summed E-state index contributed by atoms with van der Waals surface area (Å²) in [6.07, 6.45) is 1.79. The van der Waals surface area contributed by atoms with Crippen molar-refractivity contribution in [2.24, 2.45) is 0 Å². The van der Waals surface area contributed by atoms with E-state index in [1.54, 1.807) is 30.5 Å². The maximum absolute atomic E-state index is 13.6. The molecule has 1 aromatic carbocycles. The molecule has 24 heavy (non-hydrogen) atoms. The summed E-state index contributed by atoms with van der Waals surface area (Å²) in [6, 6.07) is 10.3. The zero-order valence-corrected chi connectivity index (χ0v) is 14.3. The maximum atomic E-state index is 13.6. The summed E-state index contributed by atoms with van der Waals surface area (Å²) in [6.45, 7) is 0.366. The number of nitrogens with zero attached hydrogens (tertiary/aromatic N) is 1. The third-order valence-corrected chi connectivity index (χ3v) is 5.34. The Hall–Kier alpha value is -2.12. The van der Waals surface area contributed by atoms with Crippen LogP contribution in [0.5, 0.6) is 0 Å². The van der Waals surface area contributed by atoms with Crippen LogP contribution in [0.4, 0.5) is 4.39 Å². The summed E-state index contributed by atoms with van der Waals surface area (Å²) >= 11 is 2.93. The molecule has 3 aromatic rings. The van der Waals surface area contributed by atoms with Gasteiger partial charge in [-0.25, -0.2) is 9.37 Å². The SMILES string of the molecule is O=C(Cc1csc(SCc2ccccc2F)n1)NCc1ccco1. The fraction of sp³-hybridized carbons (Fsp3) is 0.176. The first-order chi connectivity index (χ1) is 11.7. The third-order valence-electron chi connectivity index (χ3n) is 3.22. The minimum atomic E-state index is -0.209. The highest BCUT2D eigenvalue weighted by molar-refractivity contribution is 8.00. The van der Waals surface area contributed by atoms with Gasteiger partial charge in [0.05, 0.1) is 24.9 Å². The molecule has 124 valence electrons. The number of amides is 1. The van der Waals surface area contributed by atoms with Gasteiger partial charge in [0.1, 0.15) is 15.9 Å². The summed E-state index contributed by atoms with van der Waals surface area (Å²) in [5, 5.41) is 4.64. The van der Waals surface area contributed by atoms with Crippen molar-refractivity contribution < 1.29 is 13.6 Å². The van der Waals surface area contributed by atoms with Gasteiger partial charge in [-0.05, 0) is 23.8 Å². The second-order valence-electron chi connectivity index (χ2n) is 5.02. The standard InChI is InChI=1S/C17H15FN2O2S2/c18-15-6-2-1-4-12(15)10-23-17-20-13(11-24-17)8-16(21)19-9-14-5-3-7-22-14/h1-7,11H,8-10H2,(H,19,21). The lowest BCUT2D eigenvalue weighted by Crippen LogP contribution is -2.24. The van der Waals surface area contributed by atoms with E-state index in [2.05, 4.69) is 10.3 Å². The first-order valence-corrected chi connectivity index (χ1v) is 9.17. The van der Waals surface area contributed by atoms with Crippen LogP contribution in [-0.2, 0) is 23.5 Å². The first kappa shape index (κ1) is 16.7. The molecule has 0 unspecified atom stereocenters. The molecule has 3 rings (SSSR count). The zero-order valence-electron chi connectivity index (χ0n) is 12.7. The predicted molar refractivity (Wildman–Crippen MR) is 92.3 cm³/mol. The van der Waals surface area contributed by atoms with Crippen molar-refractivity contribution in [3.8, 4) is 0 Å². The molecule has 0 saturated heterocycles. The average molecular weight is 362 g/mol. The van der Waals surface area contributed by atoms with E-state index in [0.717, 1.165) is 4.34 Å². The molecule has 0 saturated carbocycles. The van der Waals surface area contributed by atoms with E-state index >= 15 is 0 Å². The Morgan fingerprint density at radius 2 is 2.17 bits per heavy atom. The Kier molecular flexibility index (Phi) is 5.66. The number of rotatable bonds is 7. The number of nitrogens with one attached hydrogen (secondary N) is 1. The molecule has 0 radical (unpaired) electrons. The van der Waals surface area contributed by atoms with Crippen LogP contribution < -0.4 is 5.32 Å². The highest BCUT2D eigenvalue weighted by Crippen LogP contribution is 2.27. The van der Waals surface area contributed by atoms with E-state index in [1.807, 2.05) is 11.4 Å². The van der Waals surface area contributed by atoms with Crippen LogP contribution in [-0.4, -0.2) is 10.9 Å². The lowest BCUT2D eigenvalue weighted by molar-refractivity contribution is -0.120. The predicted octanol–water partition coefficient (Wildman–Crippen LogP) is 4.03. The smallest absolute Gasteiger partial charge is 0.226 e. The Bertz CT molecular complexity index is 803. The van der Waals surface area contributed by atoms with E-state index in [1.165, 1.54) is 29.2 Å². The first-order valence-electron chi connectivity index (χ1n) is 7.30.